The molecule has 0 spiro atoms. The molecule has 7 nitrogen and oxygen atoms in total. The van der Waals surface area contributed by atoms with Crippen LogP contribution in [0.3, 0.4) is 0 Å². The van der Waals surface area contributed by atoms with Gasteiger partial charge >= 0.3 is 12.1 Å². The van der Waals surface area contributed by atoms with Gasteiger partial charge in [-0.2, -0.15) is 0 Å². The summed E-state index contributed by atoms with van der Waals surface area (Å²) in [5, 5.41) is 14.3. The van der Waals surface area contributed by atoms with Gasteiger partial charge in [-0.25, -0.2) is 4.79 Å². The summed E-state index contributed by atoms with van der Waals surface area (Å²) in [6, 6.07) is 14.9. The molecule has 0 heterocycles. The second-order valence-electron chi connectivity index (χ2n) is 8.18. The van der Waals surface area contributed by atoms with Gasteiger partial charge in [0.25, 0.3) is 0 Å². The number of ether oxygens (including phenoxy) is 1. The third kappa shape index (κ3) is 4.26. The lowest BCUT2D eigenvalue weighted by molar-refractivity contribution is -0.142. The lowest BCUT2D eigenvalue weighted by atomic mass is 9.98. The first kappa shape index (κ1) is 20.9. The molecule has 4 rings (SSSR count). The number of fused-ring (bicyclic) bond motifs is 3. The van der Waals surface area contributed by atoms with Crippen LogP contribution in [0.15, 0.2) is 48.5 Å². The van der Waals surface area contributed by atoms with E-state index in [0.717, 1.165) is 28.7 Å². The zero-order valence-corrected chi connectivity index (χ0v) is 17.3. The fourth-order valence-corrected chi connectivity index (χ4v) is 4.62. The molecule has 31 heavy (non-hydrogen) atoms. The average molecular weight is 422 g/mol. The van der Waals surface area contributed by atoms with Crippen molar-refractivity contribution in [1.29, 1.82) is 0 Å². The van der Waals surface area contributed by atoms with Gasteiger partial charge in [-0.15, -0.1) is 0 Å². The van der Waals surface area contributed by atoms with Crippen molar-refractivity contribution >= 4 is 18.0 Å². The Balaban J connectivity index is 1.37. The molecule has 2 amide bonds. The summed E-state index contributed by atoms with van der Waals surface area (Å²) in [4.78, 5) is 35.9. The van der Waals surface area contributed by atoms with Crippen LogP contribution in [0.2, 0.25) is 0 Å². The number of benzene rings is 2. The van der Waals surface area contributed by atoms with Crippen molar-refractivity contribution in [3.63, 3.8) is 0 Å². The summed E-state index contributed by atoms with van der Waals surface area (Å²) in [6.45, 7) is 1.63. The molecule has 0 radical (unpaired) electrons. The Morgan fingerprint density at radius 3 is 2.26 bits per heavy atom. The van der Waals surface area contributed by atoms with Gasteiger partial charge in [0.05, 0.1) is 5.92 Å². The number of nitrogens with one attached hydrogen (secondary N) is 2. The highest BCUT2D eigenvalue weighted by atomic mass is 16.5. The Hall–Kier alpha value is -3.35. The van der Waals surface area contributed by atoms with Crippen molar-refractivity contribution in [2.45, 2.75) is 44.2 Å². The molecule has 2 aliphatic rings. The molecule has 0 saturated heterocycles. The number of hydrogen-bond donors (Lipinski definition) is 3. The Labute approximate surface area is 180 Å². The highest BCUT2D eigenvalue weighted by Gasteiger charge is 2.36. The van der Waals surface area contributed by atoms with Gasteiger partial charge in [0, 0.05) is 12.0 Å². The van der Waals surface area contributed by atoms with Crippen LogP contribution in [0.4, 0.5) is 4.79 Å². The van der Waals surface area contributed by atoms with Crippen molar-refractivity contribution < 1.29 is 24.2 Å². The molecule has 1 saturated carbocycles. The summed E-state index contributed by atoms with van der Waals surface area (Å²) in [6.07, 6.45) is 1.49. The summed E-state index contributed by atoms with van der Waals surface area (Å²) in [5.74, 6) is -1.93. The van der Waals surface area contributed by atoms with Crippen molar-refractivity contribution in [3.05, 3.63) is 59.7 Å². The van der Waals surface area contributed by atoms with Gasteiger partial charge in [0.15, 0.2) is 0 Å². The molecule has 0 aliphatic heterocycles. The van der Waals surface area contributed by atoms with Crippen LogP contribution in [-0.4, -0.2) is 41.8 Å². The zero-order valence-electron chi connectivity index (χ0n) is 17.3. The molecule has 3 N–H and O–H groups in total. The predicted octanol–water partition coefficient (Wildman–Crippen LogP) is 3.28. The highest BCUT2D eigenvalue weighted by molar-refractivity contribution is 5.86. The normalized spacial score (nSPS) is 20.4. The number of hydrogen-bond acceptors (Lipinski definition) is 4. The molecule has 7 heteroatoms. The van der Waals surface area contributed by atoms with E-state index in [4.69, 9.17) is 9.84 Å². The smallest absolute Gasteiger partial charge is 0.407 e. The summed E-state index contributed by atoms with van der Waals surface area (Å²) in [7, 11) is 0. The third-order valence-corrected chi connectivity index (χ3v) is 6.23. The lowest BCUT2D eigenvalue weighted by Gasteiger charge is -2.22. The fourth-order valence-electron chi connectivity index (χ4n) is 4.62. The first-order valence-corrected chi connectivity index (χ1v) is 10.6. The number of amides is 2. The van der Waals surface area contributed by atoms with Gasteiger partial charge in [-0.05, 0) is 42.0 Å². The minimum atomic E-state index is -1.09. The standard InChI is InChI=1S/C24H26N2O5/c1-14(23(28)29)25-22(27)19-11-6-12-21(19)26-24(30)31-13-20-17-9-4-2-7-15(17)16-8-3-5-10-18(16)20/h2-5,7-10,14,19-21H,6,11-13H2,1H3,(H,25,27)(H,26,30)(H,28,29). The first-order chi connectivity index (χ1) is 15.0. The second kappa shape index (κ2) is 8.79. The maximum atomic E-state index is 12.5. The number of carbonyl (C=O) groups is 3. The monoisotopic (exact) mass is 422 g/mol. The predicted molar refractivity (Wildman–Crippen MR) is 115 cm³/mol. The number of alkyl carbamates (subject to hydrolysis) is 1. The molecule has 2 aromatic rings. The van der Waals surface area contributed by atoms with Crippen LogP contribution in [-0.2, 0) is 14.3 Å². The molecule has 0 bridgehead atoms. The van der Waals surface area contributed by atoms with E-state index < -0.39 is 24.0 Å². The van der Waals surface area contributed by atoms with Gasteiger partial charge in [0.1, 0.15) is 12.6 Å². The molecule has 0 aromatic heterocycles. The number of carboxylic acids is 1. The van der Waals surface area contributed by atoms with Gasteiger partial charge in [-0.3, -0.25) is 9.59 Å². The van der Waals surface area contributed by atoms with Crippen LogP contribution in [0.1, 0.15) is 43.2 Å². The van der Waals surface area contributed by atoms with E-state index in [9.17, 15) is 14.4 Å². The number of carboxylic acid groups (broad SMARTS) is 1. The van der Waals surface area contributed by atoms with Crippen molar-refractivity contribution in [3.8, 4) is 11.1 Å². The molecular weight excluding hydrogens is 396 g/mol. The minimum Gasteiger partial charge on any atom is -0.480 e. The van der Waals surface area contributed by atoms with Crippen molar-refractivity contribution in [1.82, 2.24) is 10.6 Å². The van der Waals surface area contributed by atoms with E-state index in [1.54, 1.807) is 0 Å². The van der Waals surface area contributed by atoms with Crippen LogP contribution in [0.5, 0.6) is 0 Å². The Morgan fingerprint density at radius 1 is 1.03 bits per heavy atom. The third-order valence-electron chi connectivity index (χ3n) is 6.23. The fraction of sp³-hybridized carbons (Fsp3) is 0.375. The Bertz CT molecular complexity index is 959. The van der Waals surface area contributed by atoms with E-state index in [-0.39, 0.29) is 24.5 Å². The summed E-state index contributed by atoms with van der Waals surface area (Å²) >= 11 is 0. The van der Waals surface area contributed by atoms with E-state index >= 15 is 0 Å². The van der Waals surface area contributed by atoms with E-state index in [1.165, 1.54) is 6.92 Å². The van der Waals surface area contributed by atoms with Crippen LogP contribution < -0.4 is 10.6 Å². The topological polar surface area (TPSA) is 105 Å². The summed E-state index contributed by atoms with van der Waals surface area (Å²) in [5.41, 5.74) is 4.59. The maximum Gasteiger partial charge on any atom is 0.407 e. The van der Waals surface area contributed by atoms with Crippen LogP contribution in [0.25, 0.3) is 11.1 Å². The van der Waals surface area contributed by atoms with Crippen LogP contribution in [0, 0.1) is 5.92 Å². The molecule has 162 valence electrons. The quantitative estimate of drug-likeness (QED) is 0.663. The van der Waals surface area contributed by atoms with Gasteiger partial charge in [-0.1, -0.05) is 55.0 Å². The van der Waals surface area contributed by atoms with E-state index in [1.807, 2.05) is 24.3 Å². The SMILES string of the molecule is CC(NC(=O)C1CCCC1NC(=O)OCC1c2ccccc2-c2ccccc21)C(=O)O. The Morgan fingerprint density at radius 2 is 1.65 bits per heavy atom. The molecule has 1 fully saturated rings. The minimum absolute atomic E-state index is 0.0303. The maximum absolute atomic E-state index is 12.5. The van der Waals surface area contributed by atoms with Gasteiger partial charge < -0.3 is 20.5 Å². The highest BCUT2D eigenvalue weighted by Crippen LogP contribution is 2.44. The van der Waals surface area contributed by atoms with E-state index in [2.05, 4.69) is 34.9 Å². The first-order valence-electron chi connectivity index (χ1n) is 10.6. The largest absolute Gasteiger partial charge is 0.480 e. The number of carbonyl (C=O) groups excluding carboxylic acids is 2. The van der Waals surface area contributed by atoms with Crippen molar-refractivity contribution in [2.24, 2.45) is 5.92 Å². The second-order valence-corrected chi connectivity index (χ2v) is 8.18. The average Bonchev–Trinajstić information content (AvgIpc) is 3.34. The van der Waals surface area contributed by atoms with E-state index in [0.29, 0.717) is 12.8 Å². The Kier molecular flexibility index (Phi) is 5.93. The number of aliphatic carboxylic acids is 1. The van der Waals surface area contributed by atoms with Crippen LogP contribution >= 0.6 is 0 Å². The molecule has 3 atom stereocenters. The van der Waals surface area contributed by atoms with Crippen molar-refractivity contribution in [2.75, 3.05) is 6.61 Å². The molecule has 3 unspecified atom stereocenters. The van der Waals surface area contributed by atoms with Gasteiger partial charge in [0.2, 0.25) is 5.91 Å². The molecule has 2 aromatic carbocycles. The zero-order chi connectivity index (χ0) is 22.0. The summed E-state index contributed by atoms with van der Waals surface area (Å²) < 4.78 is 5.57. The molecular formula is C24H26N2O5. The lowest BCUT2D eigenvalue weighted by Crippen LogP contribution is -2.48. The number of rotatable bonds is 6. The molecule has 2 aliphatic carbocycles.